The van der Waals surface area contributed by atoms with Crippen LogP contribution in [-0.4, -0.2) is 17.9 Å². The average molecular weight is 365 g/mol. The van der Waals surface area contributed by atoms with Crippen molar-refractivity contribution in [1.82, 2.24) is 10.6 Å². The van der Waals surface area contributed by atoms with Gasteiger partial charge in [-0.15, -0.1) is 11.3 Å². The molecule has 2 unspecified atom stereocenters. The van der Waals surface area contributed by atoms with Gasteiger partial charge in [0, 0.05) is 15.5 Å². The van der Waals surface area contributed by atoms with Crippen molar-refractivity contribution in [2.75, 3.05) is 0 Å². The lowest BCUT2D eigenvalue weighted by Gasteiger charge is -2.23. The van der Waals surface area contributed by atoms with E-state index in [0.29, 0.717) is 10.6 Å². The van der Waals surface area contributed by atoms with Crippen LogP contribution in [0.1, 0.15) is 42.0 Å². The Kier molecular flexibility index (Phi) is 6.40. The Balaban J connectivity index is 2.04. The number of amides is 2. The Bertz CT molecular complexity index is 684. The predicted molar refractivity (Wildman–Crippen MR) is 98.4 cm³/mol. The molecule has 0 fully saturated rings. The van der Waals surface area contributed by atoms with E-state index in [1.54, 1.807) is 35.6 Å². The molecule has 0 aliphatic carbocycles. The highest BCUT2D eigenvalue weighted by atomic mass is 35.5. The minimum Gasteiger partial charge on any atom is -0.347 e. The summed E-state index contributed by atoms with van der Waals surface area (Å²) in [7, 11) is 0. The second-order valence-corrected chi connectivity index (χ2v) is 7.36. The standard InChI is InChI=1S/C18H21ClN2O2S/c1-11(2)16(18(23)20-12(3)15-5-4-10-24-15)21-17(22)13-6-8-14(19)9-7-13/h4-12,16H,1-3H3,(H,20,23)(H,21,22). The Hall–Kier alpha value is -1.85. The summed E-state index contributed by atoms with van der Waals surface area (Å²) in [6.07, 6.45) is 0. The second-order valence-electron chi connectivity index (χ2n) is 5.95. The number of nitrogens with one attached hydrogen (secondary N) is 2. The van der Waals surface area contributed by atoms with Crippen molar-refractivity contribution >= 4 is 34.8 Å². The lowest BCUT2D eigenvalue weighted by molar-refractivity contribution is -0.124. The largest absolute Gasteiger partial charge is 0.347 e. The summed E-state index contributed by atoms with van der Waals surface area (Å²) in [5.74, 6) is -0.505. The van der Waals surface area contributed by atoms with Crippen LogP contribution in [0.2, 0.25) is 5.02 Å². The first-order valence-electron chi connectivity index (χ1n) is 7.78. The highest BCUT2D eigenvalue weighted by Gasteiger charge is 2.26. The molecule has 0 saturated carbocycles. The van der Waals surface area contributed by atoms with Gasteiger partial charge in [0.2, 0.25) is 5.91 Å². The molecular formula is C18H21ClN2O2S. The number of halogens is 1. The maximum Gasteiger partial charge on any atom is 0.251 e. The van der Waals surface area contributed by atoms with E-state index in [1.165, 1.54) is 0 Å². The summed E-state index contributed by atoms with van der Waals surface area (Å²) in [4.78, 5) is 26.0. The molecule has 2 N–H and O–H groups in total. The minimum absolute atomic E-state index is 0.0308. The highest BCUT2D eigenvalue weighted by Crippen LogP contribution is 2.18. The summed E-state index contributed by atoms with van der Waals surface area (Å²) < 4.78 is 0. The molecule has 0 aliphatic rings. The fraction of sp³-hybridized carbons (Fsp3) is 0.333. The van der Waals surface area contributed by atoms with Gasteiger partial charge in [-0.25, -0.2) is 0 Å². The van der Waals surface area contributed by atoms with Crippen LogP contribution < -0.4 is 10.6 Å². The van der Waals surface area contributed by atoms with Gasteiger partial charge >= 0.3 is 0 Å². The summed E-state index contributed by atoms with van der Waals surface area (Å²) >= 11 is 7.42. The van der Waals surface area contributed by atoms with Crippen LogP contribution in [0.15, 0.2) is 41.8 Å². The third-order valence-electron chi connectivity index (χ3n) is 3.67. The van der Waals surface area contributed by atoms with Gasteiger partial charge in [0.15, 0.2) is 0 Å². The Morgan fingerprint density at radius 1 is 1.04 bits per heavy atom. The molecule has 24 heavy (non-hydrogen) atoms. The van der Waals surface area contributed by atoms with Crippen LogP contribution in [-0.2, 0) is 4.79 Å². The molecular weight excluding hydrogens is 344 g/mol. The number of carbonyl (C=O) groups excluding carboxylic acids is 2. The monoisotopic (exact) mass is 364 g/mol. The molecule has 1 heterocycles. The molecule has 1 aromatic heterocycles. The molecule has 2 aromatic rings. The Labute approximate surface area is 151 Å². The normalized spacial score (nSPS) is 13.4. The summed E-state index contributed by atoms with van der Waals surface area (Å²) in [6, 6.07) is 9.82. The molecule has 2 amide bonds. The zero-order valence-electron chi connectivity index (χ0n) is 13.9. The first-order chi connectivity index (χ1) is 11.4. The fourth-order valence-electron chi connectivity index (χ4n) is 2.27. The van der Waals surface area contributed by atoms with Gasteiger partial charge in [0.25, 0.3) is 5.91 Å². The molecule has 6 heteroatoms. The summed E-state index contributed by atoms with van der Waals surface area (Å²) in [5.41, 5.74) is 0.476. The Morgan fingerprint density at radius 3 is 2.25 bits per heavy atom. The van der Waals surface area contributed by atoms with Crippen molar-refractivity contribution in [2.45, 2.75) is 32.9 Å². The Morgan fingerprint density at radius 2 is 1.71 bits per heavy atom. The average Bonchev–Trinajstić information content (AvgIpc) is 3.07. The zero-order valence-corrected chi connectivity index (χ0v) is 15.4. The van der Waals surface area contributed by atoms with Crippen LogP contribution in [0.5, 0.6) is 0 Å². The van der Waals surface area contributed by atoms with Crippen molar-refractivity contribution in [1.29, 1.82) is 0 Å². The molecule has 0 spiro atoms. The molecule has 4 nitrogen and oxygen atoms in total. The lowest BCUT2D eigenvalue weighted by atomic mass is 10.0. The number of carbonyl (C=O) groups is 2. The van der Waals surface area contributed by atoms with E-state index in [4.69, 9.17) is 11.6 Å². The zero-order chi connectivity index (χ0) is 17.7. The van der Waals surface area contributed by atoms with Gasteiger partial charge in [-0.1, -0.05) is 31.5 Å². The van der Waals surface area contributed by atoms with Gasteiger partial charge in [0.05, 0.1) is 6.04 Å². The van der Waals surface area contributed by atoms with Crippen molar-refractivity contribution in [3.05, 3.63) is 57.2 Å². The molecule has 1 aromatic carbocycles. The number of hydrogen-bond acceptors (Lipinski definition) is 3. The SMILES string of the molecule is CC(NC(=O)C(NC(=O)c1ccc(Cl)cc1)C(C)C)c1cccs1. The van der Waals surface area contributed by atoms with Crippen LogP contribution in [0.25, 0.3) is 0 Å². The van der Waals surface area contributed by atoms with E-state index in [2.05, 4.69) is 10.6 Å². The smallest absolute Gasteiger partial charge is 0.251 e. The third kappa shape index (κ3) is 4.82. The van der Waals surface area contributed by atoms with Gasteiger partial charge in [-0.2, -0.15) is 0 Å². The number of thiophene rings is 1. The van der Waals surface area contributed by atoms with Crippen molar-refractivity contribution in [3.63, 3.8) is 0 Å². The van der Waals surface area contributed by atoms with Crippen LogP contribution >= 0.6 is 22.9 Å². The number of rotatable bonds is 6. The van der Waals surface area contributed by atoms with Crippen molar-refractivity contribution in [2.24, 2.45) is 5.92 Å². The van der Waals surface area contributed by atoms with E-state index in [-0.39, 0.29) is 23.8 Å². The van der Waals surface area contributed by atoms with Crippen molar-refractivity contribution < 1.29 is 9.59 Å². The molecule has 0 radical (unpaired) electrons. The van der Waals surface area contributed by atoms with Crippen LogP contribution in [0.4, 0.5) is 0 Å². The molecule has 0 saturated heterocycles. The van der Waals surface area contributed by atoms with Crippen LogP contribution in [0.3, 0.4) is 0 Å². The van der Waals surface area contributed by atoms with Crippen LogP contribution in [0, 0.1) is 5.92 Å². The summed E-state index contributed by atoms with van der Waals surface area (Å²) in [6.45, 7) is 5.74. The first-order valence-corrected chi connectivity index (χ1v) is 9.04. The van der Waals surface area contributed by atoms with Gasteiger partial charge < -0.3 is 10.6 Å². The number of hydrogen-bond donors (Lipinski definition) is 2. The quantitative estimate of drug-likeness (QED) is 0.812. The van der Waals surface area contributed by atoms with Crippen molar-refractivity contribution in [3.8, 4) is 0 Å². The molecule has 0 bridgehead atoms. The molecule has 2 rings (SSSR count). The fourth-order valence-corrected chi connectivity index (χ4v) is 3.13. The number of benzene rings is 1. The molecule has 128 valence electrons. The summed E-state index contributed by atoms with van der Waals surface area (Å²) in [5, 5.41) is 8.31. The minimum atomic E-state index is -0.601. The van der Waals surface area contributed by atoms with Gasteiger partial charge in [-0.3, -0.25) is 9.59 Å². The van der Waals surface area contributed by atoms with E-state index in [1.807, 2.05) is 38.3 Å². The highest BCUT2D eigenvalue weighted by molar-refractivity contribution is 7.10. The second kappa shape index (κ2) is 8.31. The van der Waals surface area contributed by atoms with E-state index < -0.39 is 6.04 Å². The topological polar surface area (TPSA) is 58.2 Å². The molecule has 2 atom stereocenters. The van der Waals surface area contributed by atoms with Gasteiger partial charge in [-0.05, 0) is 48.6 Å². The van der Waals surface area contributed by atoms with E-state index >= 15 is 0 Å². The first kappa shape index (κ1) is 18.5. The van der Waals surface area contributed by atoms with E-state index in [0.717, 1.165) is 4.88 Å². The lowest BCUT2D eigenvalue weighted by Crippen LogP contribution is -2.50. The molecule has 0 aliphatic heterocycles. The van der Waals surface area contributed by atoms with E-state index in [9.17, 15) is 9.59 Å². The van der Waals surface area contributed by atoms with Gasteiger partial charge in [0.1, 0.15) is 6.04 Å². The predicted octanol–water partition coefficient (Wildman–Crippen LogP) is 4.03. The maximum atomic E-state index is 12.6. The third-order valence-corrected chi connectivity index (χ3v) is 4.98. The maximum absolute atomic E-state index is 12.6.